The maximum absolute atomic E-state index is 13.5. The van der Waals surface area contributed by atoms with Crippen LogP contribution in [0.3, 0.4) is 0 Å². The summed E-state index contributed by atoms with van der Waals surface area (Å²) in [6.45, 7) is 0.774. The van der Waals surface area contributed by atoms with Crippen molar-refractivity contribution in [1.29, 1.82) is 0 Å². The average molecular weight is 425 g/mol. The van der Waals surface area contributed by atoms with Crippen molar-refractivity contribution in [1.82, 2.24) is 10.2 Å². The number of carbonyl (C=O) groups excluding carboxylic acids is 1. The van der Waals surface area contributed by atoms with Gasteiger partial charge in [0, 0.05) is 18.0 Å². The fraction of sp³-hybridized carbons (Fsp3) is 0.0741. The van der Waals surface area contributed by atoms with Crippen LogP contribution in [0.25, 0.3) is 0 Å². The van der Waals surface area contributed by atoms with Crippen molar-refractivity contribution in [3.63, 3.8) is 0 Å². The number of hydrogen-bond acceptors (Lipinski definition) is 4. The van der Waals surface area contributed by atoms with Gasteiger partial charge in [-0.25, -0.2) is 0 Å². The fourth-order valence-corrected chi connectivity index (χ4v) is 3.32. The molecule has 0 aliphatic carbocycles. The minimum absolute atomic E-state index is 0.0124. The number of nitrogens with one attached hydrogen (secondary N) is 1. The summed E-state index contributed by atoms with van der Waals surface area (Å²) in [5, 5.41) is 13.5. The third-order valence-electron chi connectivity index (χ3n) is 5.00. The molecule has 0 aromatic heterocycles. The average Bonchev–Trinajstić information content (AvgIpc) is 3.06. The van der Waals surface area contributed by atoms with Crippen molar-refractivity contribution in [2.45, 2.75) is 13.2 Å². The van der Waals surface area contributed by atoms with Crippen LogP contribution in [0.4, 0.5) is 0 Å². The van der Waals surface area contributed by atoms with E-state index in [-0.39, 0.29) is 11.7 Å². The van der Waals surface area contributed by atoms with Gasteiger partial charge >= 0.3 is 0 Å². The molecule has 3 aromatic carbocycles. The standard InChI is InChI=1S/C27H24N2O3/c30-26-12-7-17-28-18-25(26)29(19-21-8-3-1-4-9-21)27(31)23-13-15-24(16-14-23)32-20-22-10-5-2-6-11-22/h1-18,28,30H,19-20H2. The second kappa shape index (κ2) is 10.2. The van der Waals surface area contributed by atoms with Crippen LogP contribution in [0.5, 0.6) is 5.75 Å². The summed E-state index contributed by atoms with van der Waals surface area (Å²) >= 11 is 0. The molecule has 160 valence electrons. The number of amides is 1. The van der Waals surface area contributed by atoms with E-state index >= 15 is 0 Å². The van der Waals surface area contributed by atoms with Gasteiger partial charge in [-0.3, -0.25) is 9.69 Å². The Bertz CT molecular complexity index is 1130. The van der Waals surface area contributed by atoms with E-state index in [9.17, 15) is 9.90 Å². The highest BCUT2D eigenvalue weighted by Gasteiger charge is 2.23. The number of aliphatic hydroxyl groups is 1. The minimum Gasteiger partial charge on any atom is -0.506 e. The molecule has 0 unspecified atom stereocenters. The third kappa shape index (κ3) is 5.26. The van der Waals surface area contributed by atoms with Crippen LogP contribution in [0.1, 0.15) is 21.5 Å². The summed E-state index contributed by atoms with van der Waals surface area (Å²) < 4.78 is 5.83. The van der Waals surface area contributed by atoms with E-state index in [0.717, 1.165) is 11.1 Å². The molecule has 32 heavy (non-hydrogen) atoms. The molecule has 1 heterocycles. The van der Waals surface area contributed by atoms with E-state index in [4.69, 9.17) is 4.74 Å². The predicted molar refractivity (Wildman–Crippen MR) is 125 cm³/mol. The molecular formula is C27H24N2O3. The Morgan fingerprint density at radius 1 is 0.875 bits per heavy atom. The zero-order chi connectivity index (χ0) is 22.2. The monoisotopic (exact) mass is 424 g/mol. The topological polar surface area (TPSA) is 61.8 Å². The predicted octanol–water partition coefficient (Wildman–Crippen LogP) is 5.31. The number of ether oxygens (including phenoxy) is 1. The number of nitrogens with zero attached hydrogens (tertiary/aromatic N) is 1. The second-order valence-corrected chi connectivity index (χ2v) is 7.28. The van der Waals surface area contributed by atoms with Gasteiger partial charge in [-0.05, 0) is 47.5 Å². The van der Waals surface area contributed by atoms with Crippen molar-refractivity contribution in [2.24, 2.45) is 0 Å². The molecule has 5 heteroatoms. The summed E-state index contributed by atoms with van der Waals surface area (Å²) in [6, 6.07) is 26.6. The lowest BCUT2D eigenvalue weighted by Crippen LogP contribution is -2.31. The molecule has 4 rings (SSSR count). The largest absolute Gasteiger partial charge is 0.506 e. The van der Waals surface area contributed by atoms with Gasteiger partial charge in [0.1, 0.15) is 23.8 Å². The van der Waals surface area contributed by atoms with E-state index in [1.54, 1.807) is 53.7 Å². The van der Waals surface area contributed by atoms with E-state index in [1.807, 2.05) is 60.7 Å². The fourth-order valence-electron chi connectivity index (χ4n) is 3.32. The quantitative estimate of drug-likeness (QED) is 0.540. The molecule has 1 aliphatic rings. The van der Waals surface area contributed by atoms with Crippen LogP contribution in [0, 0.1) is 0 Å². The Balaban J connectivity index is 1.54. The SMILES string of the molecule is O=C(c1ccc(OCc2ccccc2)cc1)N(Cc1ccccc1)C1=CNC=CC=C1O. The lowest BCUT2D eigenvalue weighted by Gasteiger charge is -2.25. The molecular weight excluding hydrogens is 400 g/mol. The Morgan fingerprint density at radius 3 is 2.22 bits per heavy atom. The van der Waals surface area contributed by atoms with Gasteiger partial charge in [0.25, 0.3) is 5.91 Å². The van der Waals surface area contributed by atoms with Gasteiger partial charge < -0.3 is 15.2 Å². The summed E-state index contributed by atoms with van der Waals surface area (Å²) in [4.78, 5) is 15.0. The first-order valence-electron chi connectivity index (χ1n) is 10.4. The van der Waals surface area contributed by atoms with Crippen LogP contribution in [0.15, 0.2) is 121 Å². The van der Waals surface area contributed by atoms with Gasteiger partial charge in [0.2, 0.25) is 0 Å². The molecule has 0 saturated carbocycles. The van der Waals surface area contributed by atoms with Gasteiger partial charge in [0.15, 0.2) is 0 Å². The lowest BCUT2D eigenvalue weighted by atomic mass is 10.1. The van der Waals surface area contributed by atoms with E-state index in [2.05, 4.69) is 5.32 Å². The first kappa shape index (κ1) is 21.0. The molecule has 3 aromatic rings. The van der Waals surface area contributed by atoms with Gasteiger partial charge in [-0.1, -0.05) is 60.7 Å². The van der Waals surface area contributed by atoms with Crippen LogP contribution in [0.2, 0.25) is 0 Å². The molecule has 0 spiro atoms. The van der Waals surface area contributed by atoms with E-state index in [0.29, 0.717) is 30.2 Å². The number of hydrogen-bond donors (Lipinski definition) is 2. The van der Waals surface area contributed by atoms with Crippen molar-refractivity contribution in [3.05, 3.63) is 138 Å². The highest BCUT2D eigenvalue weighted by Crippen LogP contribution is 2.22. The van der Waals surface area contributed by atoms with E-state index in [1.165, 1.54) is 0 Å². The smallest absolute Gasteiger partial charge is 0.258 e. The Kier molecular flexibility index (Phi) is 6.68. The molecule has 0 saturated heterocycles. The second-order valence-electron chi connectivity index (χ2n) is 7.28. The normalized spacial score (nSPS) is 12.8. The molecule has 0 fully saturated rings. The molecule has 0 bridgehead atoms. The number of rotatable bonds is 7. The number of benzene rings is 3. The number of carbonyl (C=O) groups is 1. The van der Waals surface area contributed by atoms with Crippen molar-refractivity contribution >= 4 is 5.91 Å². The Hall–Kier alpha value is -4.25. The van der Waals surface area contributed by atoms with E-state index < -0.39 is 0 Å². The summed E-state index contributed by atoms with van der Waals surface area (Å²) in [5.41, 5.74) is 2.92. The highest BCUT2D eigenvalue weighted by molar-refractivity contribution is 5.95. The third-order valence-corrected chi connectivity index (χ3v) is 5.00. The van der Waals surface area contributed by atoms with Crippen molar-refractivity contribution < 1.29 is 14.6 Å². The molecule has 2 N–H and O–H groups in total. The van der Waals surface area contributed by atoms with Gasteiger partial charge in [0.05, 0.1) is 6.54 Å². The minimum atomic E-state index is -0.224. The lowest BCUT2D eigenvalue weighted by molar-refractivity contribution is 0.0789. The molecule has 5 nitrogen and oxygen atoms in total. The molecule has 0 radical (unpaired) electrons. The highest BCUT2D eigenvalue weighted by atomic mass is 16.5. The molecule has 0 atom stereocenters. The van der Waals surface area contributed by atoms with Gasteiger partial charge in [-0.15, -0.1) is 0 Å². The van der Waals surface area contributed by atoms with Crippen molar-refractivity contribution in [2.75, 3.05) is 0 Å². The summed E-state index contributed by atoms with van der Waals surface area (Å²) in [7, 11) is 0. The zero-order valence-electron chi connectivity index (χ0n) is 17.5. The maximum Gasteiger partial charge on any atom is 0.258 e. The summed E-state index contributed by atoms with van der Waals surface area (Å²) in [5.74, 6) is 0.471. The Labute approximate surface area is 187 Å². The first-order chi connectivity index (χ1) is 15.7. The Morgan fingerprint density at radius 2 is 1.53 bits per heavy atom. The zero-order valence-corrected chi connectivity index (χ0v) is 17.5. The first-order valence-corrected chi connectivity index (χ1v) is 10.4. The number of aliphatic hydroxyl groups excluding tert-OH is 1. The van der Waals surface area contributed by atoms with Gasteiger partial charge in [-0.2, -0.15) is 0 Å². The van der Waals surface area contributed by atoms with Crippen molar-refractivity contribution in [3.8, 4) is 5.75 Å². The molecule has 1 amide bonds. The summed E-state index contributed by atoms with van der Waals surface area (Å²) in [6.07, 6.45) is 6.54. The van der Waals surface area contributed by atoms with Crippen LogP contribution in [-0.4, -0.2) is 15.9 Å². The van der Waals surface area contributed by atoms with Crippen LogP contribution < -0.4 is 10.1 Å². The number of allylic oxidation sites excluding steroid dienone is 2. The van der Waals surface area contributed by atoms with Crippen LogP contribution >= 0.6 is 0 Å². The maximum atomic E-state index is 13.5. The molecule has 1 aliphatic heterocycles. The van der Waals surface area contributed by atoms with Crippen LogP contribution in [-0.2, 0) is 13.2 Å².